The highest BCUT2D eigenvalue weighted by Gasteiger charge is 2.29. The van der Waals surface area contributed by atoms with Gasteiger partial charge < -0.3 is 9.64 Å². The summed E-state index contributed by atoms with van der Waals surface area (Å²) in [7, 11) is 0. The third-order valence-electron chi connectivity index (χ3n) is 5.14. The van der Waals surface area contributed by atoms with E-state index in [1.54, 1.807) is 12.1 Å². The van der Waals surface area contributed by atoms with Crippen LogP contribution in [0.1, 0.15) is 25.0 Å². The summed E-state index contributed by atoms with van der Waals surface area (Å²) in [6.07, 6.45) is 1.59. The first-order chi connectivity index (χ1) is 14.0. The molecule has 4 rings (SSSR count). The Morgan fingerprint density at radius 2 is 2.00 bits per heavy atom. The molecule has 1 aromatic heterocycles. The van der Waals surface area contributed by atoms with Gasteiger partial charge in [-0.05, 0) is 30.7 Å². The number of rotatable bonds is 4. The SMILES string of the molecule is CC1CN(C(=O)CCn2cnc3ccc(Br)cc3c2=O)CC(c2ccccc2)O1. The van der Waals surface area contributed by atoms with Crippen LogP contribution < -0.4 is 5.56 Å². The number of aryl methyl sites for hydroxylation is 1. The van der Waals surface area contributed by atoms with E-state index in [0.29, 0.717) is 30.5 Å². The highest BCUT2D eigenvalue weighted by molar-refractivity contribution is 9.10. The number of carbonyl (C=O) groups excluding carboxylic acids is 1. The second-order valence-electron chi connectivity index (χ2n) is 7.30. The fraction of sp³-hybridized carbons (Fsp3) is 0.318. The molecule has 1 aliphatic heterocycles. The van der Waals surface area contributed by atoms with Gasteiger partial charge in [0.1, 0.15) is 6.10 Å². The van der Waals surface area contributed by atoms with Crippen molar-refractivity contribution in [3.05, 3.63) is 75.2 Å². The van der Waals surface area contributed by atoms with Gasteiger partial charge in [-0.1, -0.05) is 46.3 Å². The number of benzene rings is 2. The number of halogens is 1. The molecule has 3 aromatic rings. The Labute approximate surface area is 177 Å². The smallest absolute Gasteiger partial charge is 0.261 e. The van der Waals surface area contributed by atoms with Crippen LogP contribution in [0.4, 0.5) is 0 Å². The molecule has 150 valence electrons. The molecule has 2 heterocycles. The van der Waals surface area contributed by atoms with Crippen molar-refractivity contribution in [1.29, 1.82) is 0 Å². The number of carbonyl (C=O) groups is 1. The molecular weight excluding hydrogens is 434 g/mol. The van der Waals surface area contributed by atoms with Crippen LogP contribution in [-0.2, 0) is 16.1 Å². The first kappa shape index (κ1) is 19.8. The van der Waals surface area contributed by atoms with E-state index in [1.807, 2.05) is 48.2 Å². The van der Waals surface area contributed by atoms with Gasteiger partial charge in [0.05, 0.1) is 29.9 Å². The largest absolute Gasteiger partial charge is 0.367 e. The Morgan fingerprint density at radius 1 is 1.21 bits per heavy atom. The summed E-state index contributed by atoms with van der Waals surface area (Å²) in [5, 5.41) is 0.540. The number of hydrogen-bond donors (Lipinski definition) is 0. The number of fused-ring (bicyclic) bond motifs is 1. The van der Waals surface area contributed by atoms with Crippen molar-refractivity contribution in [2.75, 3.05) is 13.1 Å². The maximum atomic E-state index is 12.8. The van der Waals surface area contributed by atoms with Crippen LogP contribution in [0, 0.1) is 0 Å². The Balaban J connectivity index is 1.46. The number of aromatic nitrogens is 2. The van der Waals surface area contributed by atoms with Crippen LogP contribution in [0.25, 0.3) is 10.9 Å². The molecule has 1 amide bonds. The number of ether oxygens (including phenoxy) is 1. The maximum Gasteiger partial charge on any atom is 0.261 e. The number of amides is 1. The lowest BCUT2D eigenvalue weighted by Gasteiger charge is -2.37. The summed E-state index contributed by atoms with van der Waals surface area (Å²) in [6, 6.07) is 15.4. The predicted molar refractivity (Wildman–Crippen MR) is 115 cm³/mol. The second-order valence-corrected chi connectivity index (χ2v) is 8.22. The van der Waals surface area contributed by atoms with E-state index in [0.717, 1.165) is 10.0 Å². The molecule has 0 N–H and O–H groups in total. The zero-order valence-electron chi connectivity index (χ0n) is 16.1. The van der Waals surface area contributed by atoms with Crippen LogP contribution in [0.15, 0.2) is 64.1 Å². The Kier molecular flexibility index (Phi) is 5.78. The zero-order chi connectivity index (χ0) is 20.4. The molecule has 1 saturated heterocycles. The maximum absolute atomic E-state index is 12.8. The highest BCUT2D eigenvalue weighted by Crippen LogP contribution is 2.25. The summed E-state index contributed by atoms with van der Waals surface area (Å²) in [5.41, 5.74) is 1.58. The third-order valence-corrected chi connectivity index (χ3v) is 5.63. The van der Waals surface area contributed by atoms with Gasteiger partial charge in [-0.25, -0.2) is 4.98 Å². The topological polar surface area (TPSA) is 64.4 Å². The van der Waals surface area contributed by atoms with Crippen molar-refractivity contribution >= 4 is 32.7 Å². The highest BCUT2D eigenvalue weighted by atomic mass is 79.9. The minimum atomic E-state index is -0.137. The van der Waals surface area contributed by atoms with Gasteiger partial charge in [0.2, 0.25) is 5.91 Å². The molecule has 1 aliphatic rings. The van der Waals surface area contributed by atoms with E-state index in [2.05, 4.69) is 20.9 Å². The van der Waals surface area contributed by atoms with E-state index in [-0.39, 0.29) is 30.1 Å². The second kappa shape index (κ2) is 8.47. The van der Waals surface area contributed by atoms with E-state index < -0.39 is 0 Å². The molecule has 1 fully saturated rings. The van der Waals surface area contributed by atoms with Crippen LogP contribution in [-0.4, -0.2) is 39.6 Å². The molecule has 0 bridgehead atoms. The summed E-state index contributed by atoms with van der Waals surface area (Å²) >= 11 is 3.39. The molecule has 2 atom stereocenters. The van der Waals surface area contributed by atoms with Gasteiger partial charge in [0.25, 0.3) is 5.56 Å². The van der Waals surface area contributed by atoms with Gasteiger partial charge in [-0.3, -0.25) is 14.2 Å². The molecule has 29 heavy (non-hydrogen) atoms. The van der Waals surface area contributed by atoms with E-state index in [9.17, 15) is 9.59 Å². The monoisotopic (exact) mass is 455 g/mol. The number of morpholine rings is 1. The van der Waals surface area contributed by atoms with E-state index >= 15 is 0 Å². The Morgan fingerprint density at radius 3 is 2.79 bits per heavy atom. The lowest BCUT2D eigenvalue weighted by Crippen LogP contribution is -2.46. The summed E-state index contributed by atoms with van der Waals surface area (Å²) in [5.74, 6) is 0.0160. The predicted octanol–water partition coefficient (Wildman–Crippen LogP) is 3.54. The minimum absolute atomic E-state index is 0.0160. The first-order valence-corrected chi connectivity index (χ1v) is 10.4. The molecule has 0 radical (unpaired) electrons. The van der Waals surface area contributed by atoms with E-state index in [1.165, 1.54) is 10.9 Å². The minimum Gasteiger partial charge on any atom is -0.367 e. The quantitative estimate of drug-likeness (QED) is 0.603. The molecule has 6 nitrogen and oxygen atoms in total. The lowest BCUT2D eigenvalue weighted by atomic mass is 10.1. The molecule has 2 aromatic carbocycles. The van der Waals surface area contributed by atoms with Gasteiger partial charge in [-0.15, -0.1) is 0 Å². The molecular formula is C22H22BrN3O3. The standard InChI is InChI=1S/C22H22BrN3O3/c1-15-12-26(13-20(29-15)16-5-3-2-4-6-16)21(27)9-10-25-14-24-19-8-7-17(23)11-18(19)22(25)28/h2-8,11,14-15,20H,9-10,12-13H2,1H3. The van der Waals surface area contributed by atoms with Gasteiger partial charge >= 0.3 is 0 Å². The van der Waals surface area contributed by atoms with Crippen molar-refractivity contribution in [2.45, 2.75) is 32.1 Å². The fourth-order valence-electron chi connectivity index (χ4n) is 3.67. The van der Waals surface area contributed by atoms with Crippen LogP contribution >= 0.6 is 15.9 Å². The summed E-state index contributed by atoms with van der Waals surface area (Å²) in [4.78, 5) is 31.7. The van der Waals surface area contributed by atoms with Crippen molar-refractivity contribution < 1.29 is 9.53 Å². The lowest BCUT2D eigenvalue weighted by molar-refractivity contribution is -0.145. The molecule has 0 spiro atoms. The van der Waals surface area contributed by atoms with Crippen LogP contribution in [0.5, 0.6) is 0 Å². The summed E-state index contributed by atoms with van der Waals surface area (Å²) in [6.45, 7) is 3.35. The van der Waals surface area contributed by atoms with Gasteiger partial charge in [0, 0.05) is 24.0 Å². The van der Waals surface area contributed by atoms with Crippen molar-refractivity contribution in [1.82, 2.24) is 14.5 Å². The zero-order valence-corrected chi connectivity index (χ0v) is 17.7. The van der Waals surface area contributed by atoms with Crippen LogP contribution in [0.2, 0.25) is 0 Å². The first-order valence-electron chi connectivity index (χ1n) is 9.64. The normalized spacial score (nSPS) is 19.4. The molecule has 0 saturated carbocycles. The Hall–Kier alpha value is -2.51. The van der Waals surface area contributed by atoms with Crippen LogP contribution in [0.3, 0.4) is 0 Å². The number of hydrogen-bond acceptors (Lipinski definition) is 4. The average Bonchev–Trinajstić information content (AvgIpc) is 2.73. The molecule has 0 aliphatic carbocycles. The van der Waals surface area contributed by atoms with Gasteiger partial charge in [0.15, 0.2) is 0 Å². The average molecular weight is 456 g/mol. The van der Waals surface area contributed by atoms with Crippen molar-refractivity contribution in [2.24, 2.45) is 0 Å². The Bertz CT molecular complexity index is 1080. The number of nitrogens with zero attached hydrogens (tertiary/aromatic N) is 3. The fourth-order valence-corrected chi connectivity index (χ4v) is 4.03. The summed E-state index contributed by atoms with van der Waals surface area (Å²) < 4.78 is 8.36. The van der Waals surface area contributed by atoms with Crippen molar-refractivity contribution in [3.63, 3.8) is 0 Å². The molecule has 7 heteroatoms. The molecule has 2 unspecified atom stereocenters. The van der Waals surface area contributed by atoms with Crippen molar-refractivity contribution in [3.8, 4) is 0 Å². The third kappa shape index (κ3) is 4.41. The van der Waals surface area contributed by atoms with E-state index in [4.69, 9.17) is 4.74 Å². The van der Waals surface area contributed by atoms with Gasteiger partial charge in [-0.2, -0.15) is 0 Å².